The first-order valence-corrected chi connectivity index (χ1v) is 26.1. The molecule has 3 aliphatic heterocycles. The Morgan fingerprint density at radius 3 is 2.21 bits per heavy atom. The van der Waals surface area contributed by atoms with Crippen molar-refractivity contribution in [3.05, 3.63) is 47.6 Å². The monoisotopic (exact) mass is 1020 g/mol. The summed E-state index contributed by atoms with van der Waals surface area (Å²) in [6, 6.07) is -1.26. The van der Waals surface area contributed by atoms with E-state index in [0.717, 1.165) is 10.5 Å². The summed E-state index contributed by atoms with van der Waals surface area (Å²) in [5.74, 6) is -11.4. The molecular formula is C55H85NO16. The molecule has 406 valence electrons. The van der Waals surface area contributed by atoms with E-state index in [0.29, 0.717) is 56.9 Å². The highest BCUT2D eigenvalue weighted by molar-refractivity contribution is 6.39. The number of carbonyl (C=O) groups is 6. The van der Waals surface area contributed by atoms with Crippen molar-refractivity contribution in [3.8, 4) is 0 Å². The molecule has 17 nitrogen and oxygen atoms in total. The van der Waals surface area contributed by atoms with Gasteiger partial charge in [0.15, 0.2) is 5.78 Å². The third kappa shape index (κ3) is 15.8. The SMILES string of the molecule is CO[C@H]1C[C@@H]2CC[C@@H](C)[C@@](OC(=O)C(CO)CO)(O2)C(=O)C(=O)N2CCCC[C@H]2C(=O)O[C@H]([C@H](C)C[C@H]2CC[C@@H](O)[C@H](OC)C2)CC(=O)[C@H](C)/C=C(\C)[C@@H](O)[C@@H](OC)C(=O)[C@H](C)C[C@H](C)\C=C/C=C/C=C/1C. The summed E-state index contributed by atoms with van der Waals surface area (Å²) in [7, 11) is 4.44. The van der Waals surface area contributed by atoms with Crippen LogP contribution in [-0.4, -0.2) is 156 Å². The van der Waals surface area contributed by atoms with Crippen molar-refractivity contribution in [1.29, 1.82) is 0 Å². The van der Waals surface area contributed by atoms with E-state index in [-0.39, 0.29) is 61.7 Å². The number of aliphatic hydroxyl groups excluding tert-OH is 4. The van der Waals surface area contributed by atoms with Crippen molar-refractivity contribution in [2.45, 2.75) is 180 Å². The fraction of sp³-hybridized carbons (Fsp3) is 0.745. The van der Waals surface area contributed by atoms with Crippen molar-refractivity contribution in [3.63, 3.8) is 0 Å². The normalized spacial score (nSPS) is 37.6. The Hall–Kier alpha value is -3.94. The summed E-state index contributed by atoms with van der Waals surface area (Å²) in [5.41, 5.74) is 1.16. The molecule has 0 aromatic rings. The number of nitrogens with zero attached hydrogens (tertiary/aromatic N) is 1. The number of hydrogen-bond acceptors (Lipinski definition) is 16. The van der Waals surface area contributed by atoms with Gasteiger partial charge in [0.2, 0.25) is 0 Å². The summed E-state index contributed by atoms with van der Waals surface area (Å²) in [6.45, 7) is 10.8. The van der Waals surface area contributed by atoms with Crippen LogP contribution >= 0.6 is 0 Å². The molecule has 2 saturated heterocycles. The molecule has 4 rings (SSSR count). The van der Waals surface area contributed by atoms with Crippen molar-refractivity contribution in [2.75, 3.05) is 41.1 Å². The van der Waals surface area contributed by atoms with E-state index in [4.69, 9.17) is 28.4 Å². The van der Waals surface area contributed by atoms with Crippen LogP contribution in [0.3, 0.4) is 0 Å². The molecule has 0 aromatic heterocycles. The van der Waals surface area contributed by atoms with E-state index < -0.39 is 115 Å². The summed E-state index contributed by atoms with van der Waals surface area (Å²) in [6.07, 6.45) is 9.54. The van der Waals surface area contributed by atoms with Gasteiger partial charge >= 0.3 is 11.9 Å². The van der Waals surface area contributed by atoms with Crippen LogP contribution in [0.2, 0.25) is 0 Å². The minimum atomic E-state index is -2.50. The first-order valence-electron chi connectivity index (χ1n) is 26.1. The first kappa shape index (κ1) is 60.6. The molecule has 0 unspecified atom stereocenters. The molecule has 0 aromatic carbocycles. The fourth-order valence-electron chi connectivity index (χ4n) is 10.7. The second-order valence-corrected chi connectivity index (χ2v) is 21.0. The van der Waals surface area contributed by atoms with Gasteiger partial charge in [-0.25, -0.2) is 4.79 Å². The van der Waals surface area contributed by atoms with Crippen LogP contribution in [0.15, 0.2) is 47.6 Å². The van der Waals surface area contributed by atoms with Crippen LogP contribution < -0.4 is 0 Å². The summed E-state index contributed by atoms with van der Waals surface area (Å²) in [4.78, 5) is 87.1. The highest BCUT2D eigenvalue weighted by Gasteiger charge is 2.57. The zero-order valence-corrected chi connectivity index (χ0v) is 44.4. The van der Waals surface area contributed by atoms with E-state index >= 15 is 0 Å². The van der Waals surface area contributed by atoms with Crippen molar-refractivity contribution < 1.29 is 77.6 Å². The van der Waals surface area contributed by atoms with Gasteiger partial charge in [0.05, 0.1) is 37.6 Å². The summed E-state index contributed by atoms with van der Waals surface area (Å²) >= 11 is 0. The molecule has 1 amide bonds. The van der Waals surface area contributed by atoms with E-state index in [1.807, 2.05) is 51.2 Å². The lowest BCUT2D eigenvalue weighted by Gasteiger charge is -2.45. The van der Waals surface area contributed by atoms with E-state index in [1.54, 1.807) is 40.9 Å². The quantitative estimate of drug-likeness (QED) is 0.123. The first-order chi connectivity index (χ1) is 34.2. The predicted molar refractivity (Wildman–Crippen MR) is 267 cm³/mol. The average molecular weight is 1020 g/mol. The van der Waals surface area contributed by atoms with Gasteiger partial charge in [-0.1, -0.05) is 71.1 Å². The topological polar surface area (TPSA) is 242 Å². The number of piperidine rings is 1. The van der Waals surface area contributed by atoms with Gasteiger partial charge < -0.3 is 53.7 Å². The number of hydrogen-bond donors (Lipinski definition) is 4. The van der Waals surface area contributed by atoms with E-state index in [1.165, 1.54) is 14.2 Å². The third-order valence-corrected chi connectivity index (χ3v) is 15.5. The Labute approximate surface area is 426 Å². The number of aliphatic hydroxyl groups is 4. The molecule has 0 spiro atoms. The van der Waals surface area contributed by atoms with Crippen LogP contribution in [-0.2, 0) is 57.2 Å². The molecule has 4 N–H and O–H groups in total. The molecule has 3 fully saturated rings. The number of ether oxygens (including phenoxy) is 6. The third-order valence-electron chi connectivity index (χ3n) is 15.5. The molecule has 0 radical (unpaired) electrons. The van der Waals surface area contributed by atoms with Gasteiger partial charge in [0.25, 0.3) is 17.5 Å². The maximum absolute atomic E-state index is 15.0. The van der Waals surface area contributed by atoms with Crippen molar-refractivity contribution >= 4 is 35.2 Å². The minimum Gasteiger partial charge on any atom is -0.460 e. The number of fused-ring (bicyclic) bond motifs is 3. The van der Waals surface area contributed by atoms with Crippen molar-refractivity contribution in [1.82, 2.24) is 4.90 Å². The maximum Gasteiger partial charge on any atom is 0.329 e. The molecule has 17 heteroatoms. The highest BCUT2D eigenvalue weighted by Crippen LogP contribution is 2.40. The molecule has 4 aliphatic rings. The lowest BCUT2D eigenvalue weighted by molar-refractivity contribution is -0.279. The average Bonchev–Trinajstić information content (AvgIpc) is 3.36. The fourth-order valence-corrected chi connectivity index (χ4v) is 10.7. The second kappa shape index (κ2) is 28.7. The molecule has 15 atom stereocenters. The Kier molecular flexibility index (Phi) is 24.1. The van der Waals surface area contributed by atoms with Crippen molar-refractivity contribution in [2.24, 2.45) is 41.4 Å². The standard InChI is InChI=1S/C55H85NO16/c1-32-16-12-11-13-17-33(2)45(67-8)28-41-21-19-38(7)55(71-41,72-53(65)40(30-57)31-58)51(63)52(64)56-23-15-14-18-42(56)54(66)70-46(35(4)26-39-20-22-43(59)47(27-39)68-9)29-44(60)34(3)25-37(6)49(62)50(69-10)48(61)36(5)24-32/h11-13,16-17,25,32,34-36,38-43,45-47,49-50,57-59,62H,14-15,18-24,26-31H2,1-10H3/b13-11+,16-12-,33-17+,37-25+/t32-,34-,35-,36-,38-,39-,41+,42+,43-,45+,46+,47-,49-,50+,55+/m1/s1. The van der Waals surface area contributed by atoms with Gasteiger partial charge in [-0.3, -0.25) is 24.0 Å². The zero-order chi connectivity index (χ0) is 53.4. The number of amides is 1. The van der Waals surface area contributed by atoms with E-state index in [2.05, 4.69) is 0 Å². The molecule has 3 heterocycles. The van der Waals surface area contributed by atoms with Crippen LogP contribution in [0.5, 0.6) is 0 Å². The highest BCUT2D eigenvalue weighted by atomic mass is 16.7. The lowest BCUT2D eigenvalue weighted by atomic mass is 9.78. The molecule has 1 saturated carbocycles. The summed E-state index contributed by atoms with van der Waals surface area (Å²) in [5, 5.41) is 41.9. The van der Waals surface area contributed by atoms with Crippen LogP contribution in [0, 0.1) is 41.4 Å². The lowest BCUT2D eigenvalue weighted by Crippen LogP contribution is -2.63. The molecule has 1 aliphatic carbocycles. The largest absolute Gasteiger partial charge is 0.460 e. The smallest absolute Gasteiger partial charge is 0.329 e. The van der Waals surface area contributed by atoms with Gasteiger partial charge in [0.1, 0.15) is 36.1 Å². The number of Topliss-reactive ketones (excluding diaryl/α,β-unsaturated/α-hetero) is 3. The number of esters is 2. The Bertz CT molecular complexity index is 1960. The number of rotatable bonds is 10. The van der Waals surface area contributed by atoms with Crippen LogP contribution in [0.1, 0.15) is 126 Å². The van der Waals surface area contributed by atoms with Gasteiger partial charge in [0, 0.05) is 58.5 Å². The maximum atomic E-state index is 15.0. The van der Waals surface area contributed by atoms with Gasteiger partial charge in [-0.05, 0) is 107 Å². The summed E-state index contributed by atoms with van der Waals surface area (Å²) < 4.78 is 35.7. The van der Waals surface area contributed by atoms with Gasteiger partial charge in [-0.15, -0.1) is 0 Å². The predicted octanol–water partition coefficient (Wildman–Crippen LogP) is 5.33. The van der Waals surface area contributed by atoms with Crippen LogP contribution in [0.4, 0.5) is 0 Å². The minimum absolute atomic E-state index is 0.0193. The number of cyclic esters (lactones) is 1. The zero-order valence-electron chi connectivity index (χ0n) is 44.4. The number of methoxy groups -OCH3 is 3. The number of allylic oxidation sites excluding steroid dienone is 6. The number of carbonyl (C=O) groups excluding carboxylic acids is 6. The molecular weight excluding hydrogens is 931 g/mol. The Balaban J connectivity index is 1.80. The van der Waals surface area contributed by atoms with Gasteiger partial charge in [-0.2, -0.15) is 0 Å². The Morgan fingerprint density at radius 2 is 1.56 bits per heavy atom. The number of ketones is 3. The Morgan fingerprint density at radius 1 is 0.847 bits per heavy atom. The van der Waals surface area contributed by atoms with Crippen LogP contribution in [0.25, 0.3) is 0 Å². The molecule has 72 heavy (non-hydrogen) atoms. The molecule has 2 bridgehead atoms. The second-order valence-electron chi connectivity index (χ2n) is 21.0. The van der Waals surface area contributed by atoms with E-state index in [9.17, 15) is 49.2 Å².